The van der Waals surface area contributed by atoms with Gasteiger partial charge in [0.1, 0.15) is 12.4 Å². The highest BCUT2D eigenvalue weighted by atomic mass is 127. The largest absolute Gasteiger partial charge is 0.380 e. The van der Waals surface area contributed by atoms with E-state index in [0.717, 1.165) is 30.6 Å². The first-order valence-corrected chi connectivity index (χ1v) is 9.99. The van der Waals surface area contributed by atoms with E-state index in [-0.39, 0.29) is 30.0 Å². The lowest BCUT2D eigenvalue weighted by Crippen LogP contribution is -2.40. The van der Waals surface area contributed by atoms with E-state index in [1.165, 1.54) is 5.56 Å². The third kappa shape index (κ3) is 9.12. The Labute approximate surface area is 191 Å². The lowest BCUT2D eigenvalue weighted by Gasteiger charge is -2.19. The number of hydrogen-bond acceptors (Lipinski definition) is 4. The van der Waals surface area contributed by atoms with Crippen molar-refractivity contribution in [2.75, 3.05) is 19.8 Å². The van der Waals surface area contributed by atoms with Crippen molar-refractivity contribution in [2.24, 2.45) is 18.0 Å². The van der Waals surface area contributed by atoms with Crippen LogP contribution in [-0.4, -0.2) is 40.5 Å². The lowest BCUT2D eigenvalue weighted by atomic mass is 10.1. The summed E-state index contributed by atoms with van der Waals surface area (Å²) in [5.74, 6) is 3.11. The number of rotatable bonds is 10. The van der Waals surface area contributed by atoms with Crippen LogP contribution >= 0.6 is 24.0 Å². The molecule has 0 aliphatic heterocycles. The maximum absolute atomic E-state index is 5.70. The van der Waals surface area contributed by atoms with Crippen molar-refractivity contribution in [2.45, 2.75) is 46.7 Å². The van der Waals surface area contributed by atoms with E-state index in [1.54, 1.807) is 0 Å². The second-order valence-electron chi connectivity index (χ2n) is 7.39. The van der Waals surface area contributed by atoms with E-state index in [2.05, 4.69) is 53.7 Å². The molecule has 0 saturated carbocycles. The average molecular weight is 514 g/mol. The Morgan fingerprint density at radius 2 is 1.86 bits per heavy atom. The van der Waals surface area contributed by atoms with Crippen LogP contribution in [0.2, 0.25) is 0 Å². The summed E-state index contributed by atoms with van der Waals surface area (Å²) < 4.78 is 7.65. The van der Waals surface area contributed by atoms with Crippen LogP contribution in [0.3, 0.4) is 0 Å². The van der Waals surface area contributed by atoms with E-state index in [1.807, 2.05) is 36.7 Å². The Kier molecular flexibility index (Phi) is 11.8. The second-order valence-corrected chi connectivity index (χ2v) is 7.39. The van der Waals surface area contributed by atoms with Crippen molar-refractivity contribution in [3.05, 3.63) is 47.5 Å². The molecule has 0 fully saturated rings. The standard InChI is InChI=1S/C21H34N6O.HI/c1-16(2)11-13-28-14-12-22-21(23-15-20-26-25-18(4)27(20)5)24-17(3)19-9-7-6-8-10-19;/h6-10,16-17H,11-15H2,1-5H3,(H2,22,23,24);1H. The molecule has 0 radical (unpaired) electrons. The van der Waals surface area contributed by atoms with Gasteiger partial charge >= 0.3 is 0 Å². The monoisotopic (exact) mass is 514 g/mol. The molecule has 0 spiro atoms. The molecule has 1 atom stereocenters. The Morgan fingerprint density at radius 1 is 1.14 bits per heavy atom. The van der Waals surface area contributed by atoms with Crippen LogP contribution < -0.4 is 10.6 Å². The van der Waals surface area contributed by atoms with E-state index in [9.17, 15) is 0 Å². The molecule has 1 aromatic heterocycles. The number of guanidine groups is 1. The molecular weight excluding hydrogens is 479 g/mol. The van der Waals surface area contributed by atoms with Gasteiger partial charge in [0.25, 0.3) is 0 Å². The number of aromatic nitrogens is 3. The molecule has 0 bridgehead atoms. The Balaban J connectivity index is 0.00000420. The summed E-state index contributed by atoms with van der Waals surface area (Å²) >= 11 is 0. The van der Waals surface area contributed by atoms with Crippen LogP contribution in [0.4, 0.5) is 0 Å². The van der Waals surface area contributed by atoms with Crippen molar-refractivity contribution in [3.8, 4) is 0 Å². The van der Waals surface area contributed by atoms with Gasteiger partial charge in [0.05, 0.1) is 12.6 Å². The maximum Gasteiger partial charge on any atom is 0.192 e. The molecule has 1 heterocycles. The minimum atomic E-state index is 0. The summed E-state index contributed by atoms with van der Waals surface area (Å²) in [6, 6.07) is 10.5. The molecule has 29 heavy (non-hydrogen) atoms. The summed E-state index contributed by atoms with van der Waals surface area (Å²) in [4.78, 5) is 4.70. The fourth-order valence-electron chi connectivity index (χ4n) is 2.58. The lowest BCUT2D eigenvalue weighted by molar-refractivity contribution is 0.128. The van der Waals surface area contributed by atoms with Gasteiger partial charge in [0.15, 0.2) is 11.8 Å². The number of hydrogen-bond donors (Lipinski definition) is 2. The zero-order valence-electron chi connectivity index (χ0n) is 18.2. The number of benzene rings is 1. The summed E-state index contributed by atoms with van der Waals surface area (Å²) in [6.07, 6.45) is 1.08. The van der Waals surface area contributed by atoms with Crippen molar-refractivity contribution in [3.63, 3.8) is 0 Å². The molecule has 2 N–H and O–H groups in total. The zero-order valence-corrected chi connectivity index (χ0v) is 20.5. The highest BCUT2D eigenvalue weighted by molar-refractivity contribution is 14.0. The van der Waals surface area contributed by atoms with Crippen LogP contribution in [0.5, 0.6) is 0 Å². The molecule has 1 aromatic carbocycles. The van der Waals surface area contributed by atoms with Gasteiger partial charge in [-0.05, 0) is 31.7 Å². The number of aryl methyl sites for hydroxylation is 1. The van der Waals surface area contributed by atoms with Crippen molar-refractivity contribution < 1.29 is 4.74 Å². The van der Waals surface area contributed by atoms with E-state index >= 15 is 0 Å². The molecule has 0 aliphatic carbocycles. The van der Waals surface area contributed by atoms with Crippen LogP contribution in [-0.2, 0) is 18.3 Å². The molecule has 2 aromatic rings. The van der Waals surface area contributed by atoms with Gasteiger partial charge in [-0.3, -0.25) is 0 Å². The highest BCUT2D eigenvalue weighted by Crippen LogP contribution is 2.11. The average Bonchev–Trinajstić information content (AvgIpc) is 3.01. The normalized spacial score (nSPS) is 12.6. The number of nitrogens with one attached hydrogen (secondary N) is 2. The first kappa shape index (κ1) is 25.4. The third-order valence-electron chi connectivity index (χ3n) is 4.59. The Morgan fingerprint density at radius 3 is 2.48 bits per heavy atom. The van der Waals surface area contributed by atoms with Crippen LogP contribution in [0.25, 0.3) is 0 Å². The molecule has 0 aliphatic rings. The quantitative estimate of drug-likeness (QED) is 0.219. The molecule has 8 heteroatoms. The second kappa shape index (κ2) is 13.5. The summed E-state index contributed by atoms with van der Waals surface area (Å²) in [5, 5.41) is 15.1. The molecule has 0 saturated heterocycles. The molecule has 7 nitrogen and oxygen atoms in total. The van der Waals surface area contributed by atoms with Crippen molar-refractivity contribution in [1.29, 1.82) is 0 Å². The minimum absolute atomic E-state index is 0. The predicted molar refractivity (Wildman–Crippen MR) is 129 cm³/mol. The van der Waals surface area contributed by atoms with Gasteiger partial charge in [-0.1, -0.05) is 44.2 Å². The van der Waals surface area contributed by atoms with Gasteiger partial charge < -0.3 is 19.9 Å². The summed E-state index contributed by atoms with van der Waals surface area (Å²) in [5.41, 5.74) is 1.21. The van der Waals surface area contributed by atoms with Crippen LogP contribution in [0.1, 0.15) is 50.4 Å². The summed E-state index contributed by atoms with van der Waals surface area (Å²) in [7, 11) is 1.95. The van der Waals surface area contributed by atoms with Gasteiger partial charge in [-0.2, -0.15) is 0 Å². The summed E-state index contributed by atoms with van der Waals surface area (Å²) in [6.45, 7) is 11.1. The molecule has 2 rings (SSSR count). The number of aliphatic imine (C=N–C) groups is 1. The van der Waals surface area contributed by atoms with Crippen LogP contribution in [0.15, 0.2) is 35.3 Å². The smallest absolute Gasteiger partial charge is 0.192 e. The van der Waals surface area contributed by atoms with Crippen LogP contribution in [0, 0.1) is 12.8 Å². The Hall–Kier alpha value is -1.68. The van der Waals surface area contributed by atoms with Gasteiger partial charge in [0, 0.05) is 20.2 Å². The fourth-order valence-corrected chi connectivity index (χ4v) is 2.58. The zero-order chi connectivity index (χ0) is 20.4. The topological polar surface area (TPSA) is 76.4 Å². The molecule has 162 valence electrons. The number of nitrogens with zero attached hydrogens (tertiary/aromatic N) is 4. The number of halogens is 1. The van der Waals surface area contributed by atoms with Gasteiger partial charge in [-0.15, -0.1) is 34.2 Å². The van der Waals surface area contributed by atoms with Crippen molar-refractivity contribution >= 4 is 29.9 Å². The maximum atomic E-state index is 5.70. The van der Waals surface area contributed by atoms with Crippen molar-refractivity contribution in [1.82, 2.24) is 25.4 Å². The highest BCUT2D eigenvalue weighted by Gasteiger charge is 2.09. The Bertz CT molecular complexity index is 732. The molecular formula is C21H35IN6O. The number of ether oxygens (including phenoxy) is 1. The third-order valence-corrected chi connectivity index (χ3v) is 4.59. The van der Waals surface area contributed by atoms with Gasteiger partial charge in [-0.25, -0.2) is 4.99 Å². The van der Waals surface area contributed by atoms with E-state index in [4.69, 9.17) is 9.73 Å². The van der Waals surface area contributed by atoms with Gasteiger partial charge in [0.2, 0.25) is 0 Å². The first-order valence-electron chi connectivity index (χ1n) is 9.99. The predicted octanol–water partition coefficient (Wildman–Crippen LogP) is 3.60. The first-order chi connectivity index (χ1) is 13.5. The van der Waals surface area contributed by atoms with E-state index in [0.29, 0.717) is 25.6 Å². The fraction of sp³-hybridized carbons (Fsp3) is 0.571. The minimum Gasteiger partial charge on any atom is -0.380 e. The molecule has 0 amide bonds. The SMILES string of the molecule is Cc1nnc(CN=C(NCCOCCC(C)C)NC(C)c2ccccc2)n1C.I. The van der Waals surface area contributed by atoms with E-state index < -0.39 is 0 Å². The molecule has 1 unspecified atom stereocenters.